The fourth-order valence-corrected chi connectivity index (χ4v) is 1.34. The molecule has 0 aliphatic rings. The molecule has 10 nitrogen and oxygen atoms in total. The van der Waals surface area contributed by atoms with Crippen LogP contribution in [-0.2, 0) is 9.47 Å². The van der Waals surface area contributed by atoms with Crippen molar-refractivity contribution in [2.75, 3.05) is 19.1 Å². The molecule has 2 amide bonds. The fraction of sp³-hybridized carbons (Fsp3) is 0.182. The minimum atomic E-state index is -1.01. The van der Waals surface area contributed by atoms with Gasteiger partial charge in [0, 0.05) is 12.1 Å². The lowest BCUT2D eigenvalue weighted by Gasteiger charge is -2.19. The van der Waals surface area contributed by atoms with E-state index in [9.17, 15) is 19.7 Å². The topological polar surface area (TPSA) is 137 Å². The van der Waals surface area contributed by atoms with E-state index in [-0.39, 0.29) is 11.4 Å². The lowest BCUT2D eigenvalue weighted by Crippen LogP contribution is -2.42. The zero-order valence-corrected chi connectivity index (χ0v) is 11.2. The maximum Gasteiger partial charge on any atom is 0.436 e. The number of ether oxygens (including phenoxy) is 2. The summed E-state index contributed by atoms with van der Waals surface area (Å²) in [5.41, 5.74) is 5.50. The van der Waals surface area contributed by atoms with Gasteiger partial charge in [-0.2, -0.15) is 0 Å². The summed E-state index contributed by atoms with van der Waals surface area (Å²) in [5.74, 6) is -0.498. The van der Waals surface area contributed by atoms with Crippen molar-refractivity contribution in [1.29, 1.82) is 0 Å². The van der Waals surface area contributed by atoms with Crippen LogP contribution in [0, 0.1) is 10.1 Å². The molecule has 1 aromatic carbocycles. The molecule has 1 aromatic rings. The third-order valence-electron chi connectivity index (χ3n) is 2.29. The Morgan fingerprint density at radius 2 is 1.81 bits per heavy atom. The molecule has 0 aliphatic carbocycles. The number of anilines is 1. The van der Waals surface area contributed by atoms with Gasteiger partial charge in [-0.05, 0) is 12.1 Å². The Morgan fingerprint density at radius 3 is 2.24 bits per heavy atom. The molecule has 0 fully saturated rings. The van der Waals surface area contributed by atoms with Gasteiger partial charge in [0.1, 0.15) is 0 Å². The molecule has 0 spiro atoms. The average molecular weight is 296 g/mol. The zero-order valence-electron chi connectivity index (χ0n) is 11.2. The average Bonchev–Trinajstić information content (AvgIpc) is 2.47. The largest absolute Gasteiger partial charge is 0.452 e. The van der Waals surface area contributed by atoms with E-state index >= 15 is 0 Å². The van der Waals surface area contributed by atoms with Gasteiger partial charge in [-0.25, -0.2) is 14.5 Å². The number of nitro groups is 1. The first-order chi connectivity index (χ1) is 9.90. The van der Waals surface area contributed by atoms with Crippen LogP contribution in [0.4, 0.5) is 21.0 Å². The van der Waals surface area contributed by atoms with Crippen molar-refractivity contribution in [3.63, 3.8) is 0 Å². The summed E-state index contributed by atoms with van der Waals surface area (Å²) in [5, 5.41) is 10.6. The highest BCUT2D eigenvalue weighted by atomic mass is 16.6. The van der Waals surface area contributed by atoms with Crippen molar-refractivity contribution in [2.24, 2.45) is 10.7 Å². The monoisotopic (exact) mass is 296 g/mol. The summed E-state index contributed by atoms with van der Waals surface area (Å²) >= 11 is 0. The molecule has 0 atom stereocenters. The molecule has 0 saturated heterocycles. The van der Waals surface area contributed by atoms with Crippen LogP contribution in [0.15, 0.2) is 29.3 Å². The van der Waals surface area contributed by atoms with Gasteiger partial charge < -0.3 is 15.2 Å². The summed E-state index contributed by atoms with van der Waals surface area (Å²) in [4.78, 5) is 36.8. The SMILES string of the molecule is COC(=O)/N=C(\N)N(C(=O)OC)c1ccc([N+](=O)[O-])cc1. The predicted octanol–water partition coefficient (Wildman–Crippen LogP) is 1.25. The second-order valence-electron chi connectivity index (χ2n) is 3.52. The zero-order chi connectivity index (χ0) is 16.0. The number of hydrogen-bond donors (Lipinski definition) is 1. The van der Waals surface area contributed by atoms with Crippen molar-refractivity contribution < 1.29 is 24.0 Å². The number of carbonyl (C=O) groups is 2. The van der Waals surface area contributed by atoms with Crippen LogP contribution in [0.2, 0.25) is 0 Å². The van der Waals surface area contributed by atoms with E-state index in [0.29, 0.717) is 0 Å². The van der Waals surface area contributed by atoms with Crippen LogP contribution in [0.3, 0.4) is 0 Å². The number of rotatable bonds is 2. The number of carbonyl (C=O) groups excluding carboxylic acids is 2. The number of hydrogen-bond acceptors (Lipinski definition) is 6. The van der Waals surface area contributed by atoms with Crippen molar-refractivity contribution in [3.8, 4) is 0 Å². The third-order valence-corrected chi connectivity index (χ3v) is 2.29. The smallest absolute Gasteiger partial charge is 0.436 e. The molecule has 112 valence electrons. The van der Waals surface area contributed by atoms with E-state index < -0.39 is 23.1 Å². The van der Waals surface area contributed by atoms with Gasteiger partial charge in [-0.1, -0.05) is 0 Å². The molecular weight excluding hydrogens is 284 g/mol. The van der Waals surface area contributed by atoms with Crippen LogP contribution in [0.5, 0.6) is 0 Å². The summed E-state index contributed by atoms with van der Waals surface area (Å²) in [6.45, 7) is 0. The summed E-state index contributed by atoms with van der Waals surface area (Å²) < 4.78 is 8.82. The molecule has 0 aliphatic heterocycles. The Labute approximate surface area is 118 Å². The number of non-ortho nitro benzene ring substituents is 1. The normalized spacial score (nSPS) is 10.7. The fourth-order valence-electron chi connectivity index (χ4n) is 1.34. The molecule has 1 rings (SSSR count). The lowest BCUT2D eigenvalue weighted by molar-refractivity contribution is -0.384. The molecule has 0 aromatic heterocycles. The Hall–Kier alpha value is -3.17. The van der Waals surface area contributed by atoms with Gasteiger partial charge in [0.2, 0.25) is 5.96 Å². The van der Waals surface area contributed by atoms with E-state index in [1.807, 2.05) is 0 Å². The number of nitrogens with zero attached hydrogens (tertiary/aromatic N) is 3. The van der Waals surface area contributed by atoms with Crippen LogP contribution < -0.4 is 10.6 Å². The van der Waals surface area contributed by atoms with E-state index in [0.717, 1.165) is 31.3 Å². The van der Waals surface area contributed by atoms with Gasteiger partial charge in [-0.3, -0.25) is 10.1 Å². The second kappa shape index (κ2) is 6.84. The van der Waals surface area contributed by atoms with Crippen molar-refractivity contribution >= 4 is 29.5 Å². The maximum absolute atomic E-state index is 11.7. The molecule has 0 bridgehead atoms. The third kappa shape index (κ3) is 3.89. The quantitative estimate of drug-likeness (QED) is 0.375. The van der Waals surface area contributed by atoms with Crippen LogP contribution in [-0.4, -0.2) is 37.3 Å². The van der Waals surface area contributed by atoms with Crippen LogP contribution >= 0.6 is 0 Å². The van der Waals surface area contributed by atoms with E-state index in [1.54, 1.807) is 0 Å². The molecule has 10 heteroatoms. The summed E-state index contributed by atoms with van der Waals surface area (Å²) in [7, 11) is 2.19. The van der Waals surface area contributed by atoms with E-state index in [2.05, 4.69) is 14.5 Å². The molecule has 21 heavy (non-hydrogen) atoms. The molecule has 0 unspecified atom stereocenters. The van der Waals surface area contributed by atoms with Crippen molar-refractivity contribution in [1.82, 2.24) is 0 Å². The Balaban J connectivity index is 3.19. The van der Waals surface area contributed by atoms with Gasteiger partial charge in [0.25, 0.3) is 5.69 Å². The summed E-state index contributed by atoms with van der Waals surface area (Å²) in [6.07, 6.45) is -1.93. The standard InChI is InChI=1S/C11H12N4O6/c1-20-10(16)13-9(12)14(11(17)21-2)7-3-5-8(6-4-7)15(18)19/h3-6H,1-2H3,(H2,12,13,16). The molecule has 0 radical (unpaired) electrons. The minimum absolute atomic E-state index is 0.137. The predicted molar refractivity (Wildman–Crippen MR) is 72.0 cm³/mol. The minimum Gasteiger partial charge on any atom is -0.452 e. The van der Waals surface area contributed by atoms with Gasteiger partial charge in [-0.15, -0.1) is 4.99 Å². The second-order valence-corrected chi connectivity index (χ2v) is 3.52. The van der Waals surface area contributed by atoms with Gasteiger partial charge in [0.05, 0.1) is 24.8 Å². The van der Waals surface area contributed by atoms with Gasteiger partial charge in [0.15, 0.2) is 0 Å². The highest BCUT2D eigenvalue weighted by molar-refractivity contribution is 6.15. The van der Waals surface area contributed by atoms with Crippen LogP contribution in [0.1, 0.15) is 0 Å². The Morgan fingerprint density at radius 1 is 1.24 bits per heavy atom. The number of amides is 2. The molecule has 0 heterocycles. The first kappa shape index (κ1) is 15.9. The Bertz CT molecular complexity index is 583. The van der Waals surface area contributed by atoms with E-state index in [4.69, 9.17) is 5.73 Å². The number of guanidine groups is 1. The van der Waals surface area contributed by atoms with E-state index in [1.165, 1.54) is 12.1 Å². The Kier molecular flexibility index (Phi) is 5.17. The lowest BCUT2D eigenvalue weighted by atomic mass is 10.2. The molecule has 0 saturated carbocycles. The first-order valence-corrected chi connectivity index (χ1v) is 5.45. The highest BCUT2D eigenvalue weighted by Crippen LogP contribution is 2.20. The summed E-state index contributed by atoms with van der Waals surface area (Å²) in [6, 6.07) is 4.84. The number of benzene rings is 1. The van der Waals surface area contributed by atoms with Crippen LogP contribution in [0.25, 0.3) is 0 Å². The highest BCUT2D eigenvalue weighted by Gasteiger charge is 2.22. The molecular formula is C11H12N4O6. The van der Waals surface area contributed by atoms with Gasteiger partial charge >= 0.3 is 12.2 Å². The number of methoxy groups -OCH3 is 2. The van der Waals surface area contributed by atoms with Crippen molar-refractivity contribution in [2.45, 2.75) is 0 Å². The number of aliphatic imine (C=N–C) groups is 1. The number of nitro benzene ring substituents is 1. The number of nitrogens with two attached hydrogens (primary N) is 1. The van der Waals surface area contributed by atoms with Crippen molar-refractivity contribution in [3.05, 3.63) is 34.4 Å². The maximum atomic E-state index is 11.7. The first-order valence-electron chi connectivity index (χ1n) is 5.45. The molecule has 2 N–H and O–H groups in total.